The molecule has 0 saturated carbocycles. The first kappa shape index (κ1) is 20.1. The van der Waals surface area contributed by atoms with Crippen LogP contribution in [0.1, 0.15) is 32.6 Å². The summed E-state index contributed by atoms with van der Waals surface area (Å²) < 4.78 is 0. The van der Waals surface area contributed by atoms with Gasteiger partial charge in [-0.05, 0) is 63.1 Å². The number of carbonyl (C=O) groups excluding carboxylic acids is 1. The summed E-state index contributed by atoms with van der Waals surface area (Å²) in [5.74, 6) is -0.175. The van der Waals surface area contributed by atoms with Crippen LogP contribution in [-0.4, -0.2) is 10.9 Å². The van der Waals surface area contributed by atoms with Gasteiger partial charge in [0.15, 0.2) is 0 Å². The number of fused-ring (bicyclic) bond motifs is 1. The zero-order chi connectivity index (χ0) is 21.4. The van der Waals surface area contributed by atoms with E-state index in [-0.39, 0.29) is 5.91 Å². The predicted octanol–water partition coefficient (Wildman–Crippen LogP) is 7.04. The molecule has 30 heavy (non-hydrogen) atoms. The van der Waals surface area contributed by atoms with E-state index in [1.54, 1.807) is 0 Å². The number of pyridine rings is 1. The molecule has 0 aliphatic rings. The lowest BCUT2D eigenvalue weighted by molar-refractivity contribution is 0.102. The Labute approximate surface area is 181 Å². The molecule has 4 aromatic rings. The van der Waals surface area contributed by atoms with Crippen LogP contribution in [0, 0.1) is 27.7 Å². The van der Waals surface area contributed by atoms with Gasteiger partial charge >= 0.3 is 0 Å². The van der Waals surface area contributed by atoms with E-state index < -0.39 is 0 Å². The highest BCUT2D eigenvalue weighted by atomic mass is 35.5. The first-order valence-corrected chi connectivity index (χ1v) is 10.3. The van der Waals surface area contributed by atoms with E-state index >= 15 is 0 Å². The third-order valence-corrected chi connectivity index (χ3v) is 5.77. The number of benzene rings is 3. The van der Waals surface area contributed by atoms with Crippen molar-refractivity contribution in [2.45, 2.75) is 27.7 Å². The van der Waals surface area contributed by atoms with Gasteiger partial charge in [-0.3, -0.25) is 4.79 Å². The third kappa shape index (κ3) is 3.81. The van der Waals surface area contributed by atoms with Crippen LogP contribution in [0.4, 0.5) is 5.69 Å². The molecule has 0 atom stereocenters. The van der Waals surface area contributed by atoms with Crippen molar-refractivity contribution in [3.8, 4) is 11.3 Å². The zero-order valence-electron chi connectivity index (χ0n) is 17.5. The Balaban J connectivity index is 1.89. The Hall–Kier alpha value is -3.17. The highest BCUT2D eigenvalue weighted by Crippen LogP contribution is 2.30. The van der Waals surface area contributed by atoms with Crippen molar-refractivity contribution in [2.24, 2.45) is 0 Å². The quantitative estimate of drug-likeness (QED) is 0.390. The lowest BCUT2D eigenvalue weighted by Gasteiger charge is -2.14. The highest BCUT2D eigenvalue weighted by Gasteiger charge is 2.17. The topological polar surface area (TPSA) is 42.0 Å². The molecule has 0 aliphatic heterocycles. The minimum Gasteiger partial charge on any atom is -0.322 e. The SMILES string of the molecule is Cc1ccc(-c2cc(C(=O)Nc3cccc(Cl)c3C)c3cc(C)cc(C)c3n2)cc1. The normalized spacial score (nSPS) is 11.0. The molecule has 0 unspecified atom stereocenters. The molecule has 0 aliphatic carbocycles. The van der Waals surface area contributed by atoms with Gasteiger partial charge in [0.05, 0.1) is 16.8 Å². The van der Waals surface area contributed by atoms with Crippen molar-refractivity contribution in [1.82, 2.24) is 4.98 Å². The summed E-state index contributed by atoms with van der Waals surface area (Å²) in [5, 5.41) is 4.51. The second-order valence-electron chi connectivity index (χ2n) is 7.77. The fraction of sp³-hybridized carbons (Fsp3) is 0.154. The summed E-state index contributed by atoms with van der Waals surface area (Å²) >= 11 is 6.24. The smallest absolute Gasteiger partial charge is 0.256 e. The third-order valence-electron chi connectivity index (χ3n) is 5.36. The van der Waals surface area contributed by atoms with Crippen LogP contribution in [0.25, 0.3) is 22.2 Å². The van der Waals surface area contributed by atoms with Crippen LogP contribution >= 0.6 is 11.6 Å². The van der Waals surface area contributed by atoms with Crippen LogP contribution in [-0.2, 0) is 0 Å². The van der Waals surface area contributed by atoms with E-state index in [0.29, 0.717) is 16.3 Å². The van der Waals surface area contributed by atoms with E-state index in [9.17, 15) is 4.79 Å². The Morgan fingerprint density at radius 1 is 0.900 bits per heavy atom. The van der Waals surface area contributed by atoms with Gasteiger partial charge in [-0.1, -0.05) is 59.1 Å². The number of hydrogen-bond acceptors (Lipinski definition) is 2. The maximum Gasteiger partial charge on any atom is 0.256 e. The summed E-state index contributed by atoms with van der Waals surface area (Å²) in [4.78, 5) is 18.3. The van der Waals surface area contributed by atoms with Gasteiger partial charge in [0.2, 0.25) is 0 Å². The van der Waals surface area contributed by atoms with E-state index in [0.717, 1.165) is 38.9 Å². The molecule has 0 saturated heterocycles. The Kier molecular flexibility index (Phi) is 5.31. The first-order chi connectivity index (χ1) is 14.3. The summed E-state index contributed by atoms with van der Waals surface area (Å²) in [5.41, 5.74) is 8.08. The number of anilines is 1. The van der Waals surface area contributed by atoms with E-state index in [4.69, 9.17) is 16.6 Å². The Morgan fingerprint density at radius 2 is 1.63 bits per heavy atom. The monoisotopic (exact) mass is 414 g/mol. The van der Waals surface area contributed by atoms with Crippen molar-refractivity contribution < 1.29 is 4.79 Å². The predicted molar refractivity (Wildman–Crippen MR) is 126 cm³/mol. The maximum atomic E-state index is 13.4. The number of rotatable bonds is 3. The molecule has 150 valence electrons. The van der Waals surface area contributed by atoms with Crippen molar-refractivity contribution in [1.29, 1.82) is 0 Å². The van der Waals surface area contributed by atoms with Gasteiger partial charge in [-0.15, -0.1) is 0 Å². The van der Waals surface area contributed by atoms with E-state index in [1.807, 2.05) is 63.2 Å². The van der Waals surface area contributed by atoms with Crippen molar-refractivity contribution in [3.05, 3.63) is 93.5 Å². The molecule has 4 heteroatoms. The largest absolute Gasteiger partial charge is 0.322 e. The molecule has 0 bridgehead atoms. The molecular formula is C26H23ClN2O. The van der Waals surface area contributed by atoms with Crippen LogP contribution < -0.4 is 5.32 Å². The van der Waals surface area contributed by atoms with Gasteiger partial charge in [-0.25, -0.2) is 4.98 Å². The molecule has 1 heterocycles. The van der Waals surface area contributed by atoms with Crippen LogP contribution in [0.3, 0.4) is 0 Å². The van der Waals surface area contributed by atoms with Crippen molar-refractivity contribution in [2.75, 3.05) is 5.32 Å². The second kappa shape index (κ2) is 7.92. The summed E-state index contributed by atoms with van der Waals surface area (Å²) in [7, 11) is 0. The number of hydrogen-bond donors (Lipinski definition) is 1. The second-order valence-corrected chi connectivity index (χ2v) is 8.17. The van der Waals surface area contributed by atoms with Crippen LogP contribution in [0.2, 0.25) is 5.02 Å². The Bertz CT molecular complexity index is 1280. The fourth-order valence-corrected chi connectivity index (χ4v) is 3.85. The number of nitrogens with zero attached hydrogens (tertiary/aromatic N) is 1. The molecule has 0 fully saturated rings. The van der Waals surface area contributed by atoms with E-state index in [1.165, 1.54) is 5.56 Å². The summed E-state index contributed by atoms with van der Waals surface area (Å²) in [6.07, 6.45) is 0. The molecule has 3 aromatic carbocycles. The van der Waals surface area contributed by atoms with Crippen LogP contribution in [0.5, 0.6) is 0 Å². The minimum atomic E-state index is -0.175. The maximum absolute atomic E-state index is 13.4. The average molecular weight is 415 g/mol. The fourth-order valence-electron chi connectivity index (χ4n) is 3.67. The molecule has 3 nitrogen and oxygen atoms in total. The molecule has 0 radical (unpaired) electrons. The molecule has 0 spiro atoms. The zero-order valence-corrected chi connectivity index (χ0v) is 18.3. The van der Waals surface area contributed by atoms with Gasteiger partial charge in [0, 0.05) is 21.7 Å². The lowest BCUT2D eigenvalue weighted by atomic mass is 9.99. The summed E-state index contributed by atoms with van der Waals surface area (Å²) in [6.45, 7) is 8.01. The molecule has 1 aromatic heterocycles. The number of halogens is 1. The average Bonchev–Trinajstić information content (AvgIpc) is 2.71. The molecule has 1 amide bonds. The number of aromatic nitrogens is 1. The number of carbonyl (C=O) groups is 1. The van der Waals surface area contributed by atoms with Crippen LogP contribution in [0.15, 0.2) is 60.7 Å². The number of aryl methyl sites for hydroxylation is 3. The number of amides is 1. The lowest BCUT2D eigenvalue weighted by Crippen LogP contribution is -2.14. The standard InChI is InChI=1S/C26H23ClN2O/c1-15-8-10-19(11-9-15)24-14-21(20-13-16(2)12-17(3)25(20)28-24)26(30)29-23-7-5-6-22(27)18(23)4/h5-14H,1-4H3,(H,29,30). The summed E-state index contributed by atoms with van der Waals surface area (Å²) in [6, 6.07) is 19.7. The number of nitrogens with one attached hydrogen (secondary N) is 1. The minimum absolute atomic E-state index is 0.175. The van der Waals surface area contributed by atoms with E-state index in [2.05, 4.69) is 30.4 Å². The van der Waals surface area contributed by atoms with Gasteiger partial charge in [0.1, 0.15) is 0 Å². The van der Waals surface area contributed by atoms with Gasteiger partial charge < -0.3 is 5.32 Å². The molecule has 4 rings (SSSR count). The van der Waals surface area contributed by atoms with Crippen molar-refractivity contribution >= 4 is 34.1 Å². The molecule has 1 N–H and O–H groups in total. The van der Waals surface area contributed by atoms with Gasteiger partial charge in [-0.2, -0.15) is 0 Å². The van der Waals surface area contributed by atoms with Gasteiger partial charge in [0.25, 0.3) is 5.91 Å². The Morgan fingerprint density at radius 3 is 2.37 bits per heavy atom. The van der Waals surface area contributed by atoms with Crippen molar-refractivity contribution in [3.63, 3.8) is 0 Å². The molecular weight excluding hydrogens is 392 g/mol. The first-order valence-electron chi connectivity index (χ1n) is 9.89. The highest BCUT2D eigenvalue weighted by molar-refractivity contribution is 6.31.